The van der Waals surface area contributed by atoms with Crippen LogP contribution >= 0.6 is 11.3 Å². The van der Waals surface area contributed by atoms with Gasteiger partial charge in [-0.25, -0.2) is 0 Å². The van der Waals surface area contributed by atoms with Gasteiger partial charge in [0, 0.05) is 0 Å². The Kier molecular flexibility index (Phi) is 2.38. The van der Waals surface area contributed by atoms with E-state index < -0.39 is 0 Å². The Balaban J connectivity index is 2.99. The number of nitrogens with zero attached hydrogens (tertiary/aromatic N) is 1. The minimum absolute atomic E-state index is 0.181. The van der Waals surface area contributed by atoms with Crippen molar-refractivity contribution in [1.29, 1.82) is 0 Å². The lowest BCUT2D eigenvalue weighted by Crippen LogP contribution is -1.94. The summed E-state index contributed by atoms with van der Waals surface area (Å²) in [6, 6.07) is 3.54. The van der Waals surface area contributed by atoms with E-state index in [1.54, 1.807) is 19.1 Å². The maximum absolute atomic E-state index is 10.4. The summed E-state index contributed by atoms with van der Waals surface area (Å²) in [5.41, 5.74) is 0.181. The van der Waals surface area contributed by atoms with Gasteiger partial charge in [-0.3, -0.25) is 10.1 Å². The van der Waals surface area contributed by atoms with Crippen LogP contribution in [0.4, 0.5) is 0 Å². The molecule has 0 saturated heterocycles. The van der Waals surface area contributed by atoms with Gasteiger partial charge in [0.25, 0.3) is 5.70 Å². The quantitative estimate of drug-likeness (QED) is 0.504. The van der Waals surface area contributed by atoms with Crippen molar-refractivity contribution in [2.45, 2.75) is 6.92 Å². The molecule has 0 aliphatic carbocycles. The lowest BCUT2D eigenvalue weighted by atomic mass is 10.3. The molecular weight excluding hydrogens is 162 g/mol. The van der Waals surface area contributed by atoms with E-state index in [1.807, 2.05) is 5.38 Å². The van der Waals surface area contributed by atoms with Crippen LogP contribution in [0, 0.1) is 10.1 Å². The summed E-state index contributed by atoms with van der Waals surface area (Å²) in [7, 11) is 0. The zero-order valence-corrected chi connectivity index (χ0v) is 6.80. The topological polar surface area (TPSA) is 43.1 Å². The molecule has 0 aromatic carbocycles. The van der Waals surface area contributed by atoms with E-state index in [9.17, 15) is 10.1 Å². The van der Waals surface area contributed by atoms with Gasteiger partial charge in [-0.1, -0.05) is 6.07 Å². The van der Waals surface area contributed by atoms with Gasteiger partial charge < -0.3 is 0 Å². The summed E-state index contributed by atoms with van der Waals surface area (Å²) in [5.74, 6) is 0. The van der Waals surface area contributed by atoms with Crippen LogP contribution in [-0.4, -0.2) is 4.92 Å². The first-order valence-corrected chi connectivity index (χ1v) is 3.98. The largest absolute Gasteiger partial charge is 0.282 e. The molecule has 0 aliphatic rings. The van der Waals surface area contributed by atoms with E-state index in [0.717, 1.165) is 0 Å². The Labute approximate surface area is 68.1 Å². The zero-order chi connectivity index (χ0) is 8.27. The maximum Gasteiger partial charge on any atom is 0.282 e. The lowest BCUT2D eigenvalue weighted by Gasteiger charge is -1.90. The monoisotopic (exact) mass is 169 g/mol. The fourth-order valence-corrected chi connectivity index (χ4v) is 1.54. The highest BCUT2D eigenvalue weighted by molar-refractivity contribution is 7.11. The number of hydrogen-bond donors (Lipinski definition) is 0. The van der Waals surface area contributed by atoms with E-state index in [4.69, 9.17) is 0 Å². The Morgan fingerprint density at radius 2 is 2.55 bits per heavy atom. The second kappa shape index (κ2) is 3.30. The summed E-state index contributed by atoms with van der Waals surface area (Å²) >= 11 is 1.37. The fraction of sp³-hybridized carbons (Fsp3) is 0.143. The highest BCUT2D eigenvalue weighted by Gasteiger charge is 2.12. The first-order chi connectivity index (χ1) is 5.25. The standard InChI is InChI=1S/C7H7NO2S/c1-2-6(8(9)10)7-4-3-5-11-7/h2-5H,1H3. The van der Waals surface area contributed by atoms with Gasteiger partial charge in [-0.15, -0.1) is 11.3 Å². The van der Waals surface area contributed by atoms with Crippen LogP contribution in [0.2, 0.25) is 0 Å². The molecule has 0 atom stereocenters. The summed E-state index contributed by atoms with van der Waals surface area (Å²) in [6.45, 7) is 1.66. The SMILES string of the molecule is CC=C(c1cccs1)[N+](=O)[O-]. The number of hydrogen-bond acceptors (Lipinski definition) is 3. The predicted octanol–water partition coefficient (Wildman–Crippen LogP) is 2.39. The highest BCUT2D eigenvalue weighted by Crippen LogP contribution is 2.19. The summed E-state index contributed by atoms with van der Waals surface area (Å²) in [5, 5.41) is 12.2. The van der Waals surface area contributed by atoms with Crippen LogP contribution < -0.4 is 0 Å². The summed E-state index contributed by atoms with van der Waals surface area (Å²) in [6.07, 6.45) is 1.51. The molecule has 1 aromatic heterocycles. The van der Waals surface area contributed by atoms with Gasteiger partial charge in [0.2, 0.25) is 0 Å². The van der Waals surface area contributed by atoms with Crippen molar-refractivity contribution in [2.24, 2.45) is 0 Å². The maximum atomic E-state index is 10.4. The van der Waals surface area contributed by atoms with E-state index in [1.165, 1.54) is 17.4 Å². The smallest absolute Gasteiger partial charge is 0.258 e. The third kappa shape index (κ3) is 1.65. The predicted molar refractivity (Wildman–Crippen MR) is 45.0 cm³/mol. The highest BCUT2D eigenvalue weighted by atomic mass is 32.1. The van der Waals surface area contributed by atoms with Gasteiger partial charge in [0.1, 0.15) is 4.88 Å². The summed E-state index contributed by atoms with van der Waals surface area (Å²) < 4.78 is 0. The average molecular weight is 169 g/mol. The minimum Gasteiger partial charge on any atom is -0.258 e. The number of allylic oxidation sites excluding steroid dienone is 1. The van der Waals surface area contributed by atoms with Crippen molar-refractivity contribution >= 4 is 17.0 Å². The molecule has 11 heavy (non-hydrogen) atoms. The van der Waals surface area contributed by atoms with Crippen LogP contribution in [0.1, 0.15) is 11.8 Å². The van der Waals surface area contributed by atoms with Crippen LogP contribution in [0.3, 0.4) is 0 Å². The van der Waals surface area contributed by atoms with Crippen molar-refractivity contribution < 1.29 is 4.92 Å². The van der Waals surface area contributed by atoms with Crippen molar-refractivity contribution in [2.75, 3.05) is 0 Å². The van der Waals surface area contributed by atoms with Gasteiger partial charge in [0.05, 0.1) is 4.92 Å². The Bertz CT molecular complexity index is 277. The Morgan fingerprint density at radius 1 is 1.82 bits per heavy atom. The molecule has 0 saturated carbocycles. The molecule has 3 nitrogen and oxygen atoms in total. The van der Waals surface area contributed by atoms with Crippen molar-refractivity contribution in [3.63, 3.8) is 0 Å². The summed E-state index contributed by atoms with van der Waals surface area (Å²) in [4.78, 5) is 10.7. The second-order valence-electron chi connectivity index (χ2n) is 1.91. The minimum atomic E-state index is -0.369. The molecule has 58 valence electrons. The van der Waals surface area contributed by atoms with Gasteiger partial charge >= 0.3 is 0 Å². The molecule has 0 spiro atoms. The molecule has 1 aromatic rings. The van der Waals surface area contributed by atoms with E-state index in [-0.39, 0.29) is 10.6 Å². The van der Waals surface area contributed by atoms with Crippen molar-refractivity contribution in [3.05, 3.63) is 38.6 Å². The zero-order valence-electron chi connectivity index (χ0n) is 5.98. The fourth-order valence-electron chi connectivity index (χ4n) is 0.762. The second-order valence-corrected chi connectivity index (χ2v) is 2.86. The van der Waals surface area contributed by atoms with Gasteiger partial charge in [-0.05, 0) is 24.4 Å². The van der Waals surface area contributed by atoms with E-state index in [2.05, 4.69) is 0 Å². The van der Waals surface area contributed by atoms with Crippen LogP contribution in [0.25, 0.3) is 5.70 Å². The molecule has 0 amide bonds. The van der Waals surface area contributed by atoms with E-state index in [0.29, 0.717) is 4.88 Å². The lowest BCUT2D eigenvalue weighted by molar-refractivity contribution is -0.375. The molecule has 0 fully saturated rings. The third-order valence-corrected chi connectivity index (χ3v) is 2.14. The molecule has 4 heteroatoms. The third-order valence-electron chi connectivity index (χ3n) is 1.24. The normalized spacial score (nSPS) is 11.5. The average Bonchev–Trinajstić information content (AvgIpc) is 2.40. The van der Waals surface area contributed by atoms with Crippen LogP contribution in [0.5, 0.6) is 0 Å². The molecule has 0 unspecified atom stereocenters. The van der Waals surface area contributed by atoms with Crippen molar-refractivity contribution in [1.82, 2.24) is 0 Å². The molecule has 0 bridgehead atoms. The molecular formula is C7H7NO2S. The number of thiophene rings is 1. The molecule has 0 radical (unpaired) electrons. The number of nitro groups is 1. The first-order valence-electron chi connectivity index (χ1n) is 3.10. The van der Waals surface area contributed by atoms with Crippen LogP contribution in [-0.2, 0) is 0 Å². The molecule has 0 aliphatic heterocycles. The Morgan fingerprint density at radius 3 is 2.91 bits per heavy atom. The van der Waals surface area contributed by atoms with Crippen molar-refractivity contribution in [3.8, 4) is 0 Å². The Hall–Kier alpha value is -1.16. The van der Waals surface area contributed by atoms with E-state index >= 15 is 0 Å². The molecule has 0 N–H and O–H groups in total. The van der Waals surface area contributed by atoms with Gasteiger partial charge in [0.15, 0.2) is 0 Å². The first kappa shape index (κ1) is 7.94. The van der Waals surface area contributed by atoms with Crippen LogP contribution in [0.15, 0.2) is 23.6 Å². The number of rotatable bonds is 2. The molecule has 1 rings (SSSR count). The molecule has 1 heterocycles. The van der Waals surface area contributed by atoms with Gasteiger partial charge in [-0.2, -0.15) is 0 Å².